The summed E-state index contributed by atoms with van der Waals surface area (Å²) in [7, 11) is 1.68. The quantitative estimate of drug-likeness (QED) is 0.769. The highest BCUT2D eigenvalue weighted by Crippen LogP contribution is 2.24. The van der Waals surface area contributed by atoms with Gasteiger partial charge in [0.2, 0.25) is 0 Å². The average molecular weight is 200 g/mol. The van der Waals surface area contributed by atoms with Crippen LogP contribution in [0.25, 0.3) is 0 Å². The molecule has 1 aromatic rings. The van der Waals surface area contributed by atoms with Crippen LogP contribution in [0.1, 0.15) is 15.9 Å². The van der Waals surface area contributed by atoms with Crippen LogP contribution in [0.5, 0.6) is 0 Å². The number of nitrogens with one attached hydrogen (secondary N) is 1. The van der Waals surface area contributed by atoms with E-state index in [0.29, 0.717) is 10.7 Å². The number of hydrogen-bond acceptors (Lipinski definition) is 2. The third-order valence-electron chi connectivity index (χ3n) is 1.78. The number of rotatable bonds is 2. The van der Waals surface area contributed by atoms with Gasteiger partial charge in [-0.3, -0.25) is 0 Å². The van der Waals surface area contributed by atoms with Gasteiger partial charge in [-0.2, -0.15) is 0 Å². The normalized spacial score (nSPS) is 9.77. The highest BCUT2D eigenvalue weighted by Gasteiger charge is 2.11. The summed E-state index contributed by atoms with van der Waals surface area (Å²) in [6.07, 6.45) is 0. The van der Waals surface area contributed by atoms with Crippen molar-refractivity contribution in [1.82, 2.24) is 0 Å². The number of aryl methyl sites for hydroxylation is 1. The topological polar surface area (TPSA) is 49.3 Å². The van der Waals surface area contributed by atoms with Crippen LogP contribution in [-0.4, -0.2) is 18.1 Å². The molecule has 0 aliphatic carbocycles. The van der Waals surface area contributed by atoms with Gasteiger partial charge in [0.05, 0.1) is 11.3 Å². The highest BCUT2D eigenvalue weighted by atomic mass is 35.5. The van der Waals surface area contributed by atoms with E-state index in [1.165, 1.54) is 6.07 Å². The molecular weight excluding hydrogens is 190 g/mol. The van der Waals surface area contributed by atoms with E-state index in [0.717, 1.165) is 5.56 Å². The maximum atomic E-state index is 10.8. The van der Waals surface area contributed by atoms with Crippen LogP contribution in [-0.2, 0) is 0 Å². The van der Waals surface area contributed by atoms with Crippen molar-refractivity contribution in [2.45, 2.75) is 6.92 Å². The van der Waals surface area contributed by atoms with Crippen LogP contribution in [0.4, 0.5) is 5.69 Å². The minimum Gasteiger partial charge on any atom is -0.478 e. The first-order valence-electron chi connectivity index (χ1n) is 3.77. The van der Waals surface area contributed by atoms with Gasteiger partial charge in [-0.05, 0) is 24.6 Å². The van der Waals surface area contributed by atoms with E-state index in [1.807, 2.05) is 6.92 Å². The third kappa shape index (κ3) is 1.92. The van der Waals surface area contributed by atoms with Crippen LogP contribution in [0.15, 0.2) is 12.1 Å². The zero-order chi connectivity index (χ0) is 10.0. The Hall–Kier alpha value is -1.22. The van der Waals surface area contributed by atoms with E-state index in [9.17, 15) is 4.79 Å². The Morgan fingerprint density at radius 3 is 2.62 bits per heavy atom. The Balaban J connectivity index is 3.38. The predicted octanol–water partition coefficient (Wildman–Crippen LogP) is 2.39. The molecule has 1 aromatic carbocycles. The van der Waals surface area contributed by atoms with E-state index in [2.05, 4.69) is 5.32 Å². The second kappa shape index (κ2) is 3.66. The Morgan fingerprint density at radius 2 is 2.15 bits per heavy atom. The second-order valence-corrected chi connectivity index (χ2v) is 3.14. The summed E-state index contributed by atoms with van der Waals surface area (Å²) in [5, 5.41) is 12.1. The Bertz CT molecular complexity index is 350. The number of carboxylic acids is 1. The molecule has 0 heterocycles. The molecule has 1 rings (SSSR count). The van der Waals surface area contributed by atoms with Gasteiger partial charge >= 0.3 is 5.97 Å². The molecule has 70 valence electrons. The lowest BCUT2D eigenvalue weighted by Gasteiger charge is -2.09. The molecule has 0 aromatic heterocycles. The molecule has 0 fully saturated rings. The van der Waals surface area contributed by atoms with E-state index in [4.69, 9.17) is 16.7 Å². The molecule has 0 atom stereocenters. The number of carbonyl (C=O) groups is 1. The lowest BCUT2D eigenvalue weighted by atomic mass is 10.1. The van der Waals surface area contributed by atoms with E-state index in [-0.39, 0.29) is 5.56 Å². The van der Waals surface area contributed by atoms with Crippen molar-refractivity contribution in [2.75, 3.05) is 12.4 Å². The molecule has 2 N–H and O–H groups in total. The van der Waals surface area contributed by atoms with Crippen LogP contribution < -0.4 is 5.32 Å². The Labute approximate surface area is 81.3 Å². The predicted molar refractivity (Wildman–Crippen MR) is 52.7 cm³/mol. The van der Waals surface area contributed by atoms with Crippen LogP contribution in [0, 0.1) is 6.92 Å². The third-order valence-corrected chi connectivity index (χ3v) is 2.00. The van der Waals surface area contributed by atoms with Gasteiger partial charge in [0.25, 0.3) is 0 Å². The SMILES string of the molecule is CNc1c(C)cc(Cl)cc1C(=O)O. The Kier molecular flexibility index (Phi) is 2.78. The summed E-state index contributed by atoms with van der Waals surface area (Å²) in [5.41, 5.74) is 1.64. The standard InChI is InChI=1S/C9H10ClNO2/c1-5-3-6(10)4-7(9(12)13)8(5)11-2/h3-4,11H,1-2H3,(H,12,13). The second-order valence-electron chi connectivity index (χ2n) is 2.70. The molecule has 0 radical (unpaired) electrons. The van der Waals surface area contributed by atoms with Gasteiger partial charge < -0.3 is 10.4 Å². The van der Waals surface area contributed by atoms with E-state index in [1.54, 1.807) is 13.1 Å². The molecule has 13 heavy (non-hydrogen) atoms. The molecule has 0 unspecified atom stereocenters. The Morgan fingerprint density at radius 1 is 1.54 bits per heavy atom. The number of aromatic carboxylic acids is 1. The maximum absolute atomic E-state index is 10.8. The van der Waals surface area contributed by atoms with E-state index < -0.39 is 5.97 Å². The van der Waals surface area contributed by atoms with Gasteiger partial charge in [-0.1, -0.05) is 11.6 Å². The van der Waals surface area contributed by atoms with E-state index >= 15 is 0 Å². The highest BCUT2D eigenvalue weighted by molar-refractivity contribution is 6.31. The van der Waals surface area contributed by atoms with Gasteiger partial charge in [-0.15, -0.1) is 0 Å². The molecule has 0 bridgehead atoms. The number of hydrogen-bond donors (Lipinski definition) is 2. The first-order chi connectivity index (χ1) is 6.06. The lowest BCUT2D eigenvalue weighted by Crippen LogP contribution is -2.04. The molecular formula is C9H10ClNO2. The average Bonchev–Trinajstić information content (AvgIpc) is 2.02. The summed E-state index contributed by atoms with van der Waals surface area (Å²) in [5.74, 6) is -0.977. The smallest absolute Gasteiger partial charge is 0.337 e. The molecule has 4 heteroatoms. The number of halogens is 1. The van der Waals surface area contributed by atoms with Crippen LogP contribution in [0.3, 0.4) is 0 Å². The molecule has 0 amide bonds. The van der Waals surface area contributed by atoms with Gasteiger partial charge in [-0.25, -0.2) is 4.79 Å². The molecule has 0 saturated heterocycles. The number of benzene rings is 1. The monoisotopic (exact) mass is 199 g/mol. The summed E-state index contributed by atoms with van der Waals surface area (Å²) < 4.78 is 0. The maximum Gasteiger partial charge on any atom is 0.337 e. The first-order valence-corrected chi connectivity index (χ1v) is 4.15. The minimum atomic E-state index is -0.977. The van der Waals surface area contributed by atoms with Gasteiger partial charge in [0.1, 0.15) is 0 Å². The largest absolute Gasteiger partial charge is 0.478 e. The molecule has 0 aliphatic rings. The van der Waals surface area contributed by atoms with Crippen molar-refractivity contribution in [1.29, 1.82) is 0 Å². The molecule has 3 nitrogen and oxygen atoms in total. The number of carboxylic acid groups (broad SMARTS) is 1. The molecule has 0 saturated carbocycles. The fourth-order valence-corrected chi connectivity index (χ4v) is 1.52. The number of anilines is 1. The minimum absolute atomic E-state index is 0.201. The van der Waals surface area contributed by atoms with Gasteiger partial charge in [0, 0.05) is 12.1 Å². The first kappa shape index (κ1) is 9.86. The zero-order valence-electron chi connectivity index (χ0n) is 7.39. The summed E-state index contributed by atoms with van der Waals surface area (Å²) >= 11 is 5.73. The van der Waals surface area contributed by atoms with Crippen LogP contribution in [0.2, 0.25) is 5.02 Å². The van der Waals surface area contributed by atoms with Crippen molar-refractivity contribution >= 4 is 23.3 Å². The lowest BCUT2D eigenvalue weighted by molar-refractivity contribution is 0.0698. The van der Waals surface area contributed by atoms with Crippen molar-refractivity contribution < 1.29 is 9.90 Å². The van der Waals surface area contributed by atoms with Crippen molar-refractivity contribution in [3.63, 3.8) is 0 Å². The fraction of sp³-hybridized carbons (Fsp3) is 0.222. The summed E-state index contributed by atoms with van der Waals surface area (Å²) in [6.45, 7) is 1.81. The molecule has 0 spiro atoms. The van der Waals surface area contributed by atoms with Crippen molar-refractivity contribution in [2.24, 2.45) is 0 Å². The van der Waals surface area contributed by atoms with Crippen LogP contribution >= 0.6 is 11.6 Å². The van der Waals surface area contributed by atoms with Gasteiger partial charge in [0.15, 0.2) is 0 Å². The van der Waals surface area contributed by atoms with Crippen molar-refractivity contribution in [3.8, 4) is 0 Å². The van der Waals surface area contributed by atoms with Crippen molar-refractivity contribution in [3.05, 3.63) is 28.3 Å². The summed E-state index contributed by atoms with van der Waals surface area (Å²) in [6, 6.07) is 3.16. The molecule has 0 aliphatic heterocycles. The summed E-state index contributed by atoms with van der Waals surface area (Å²) in [4.78, 5) is 10.8. The fourth-order valence-electron chi connectivity index (χ4n) is 1.24. The zero-order valence-corrected chi connectivity index (χ0v) is 8.14.